The standard InChI is InChI=1S/C33H32N2O5/c1-39-31(37)29(34-32(38)40-24-25-14-6-2-7-15-25)22-23-30(36)35-33(26-16-8-3-9-17-26,27-18-10-4-11-19-27)28-20-12-5-13-21-28/h2-21,29H,22-24H2,1H3,(H,34,38)(H,35,36)/t29-/m0/s1. The molecule has 0 saturated heterocycles. The highest BCUT2D eigenvalue weighted by Gasteiger charge is 2.38. The van der Waals surface area contributed by atoms with Gasteiger partial charge in [-0.15, -0.1) is 0 Å². The molecule has 7 nitrogen and oxygen atoms in total. The maximum atomic E-state index is 13.6. The number of hydrogen-bond donors (Lipinski definition) is 2. The fraction of sp³-hybridized carbons (Fsp3) is 0.182. The molecule has 0 unspecified atom stereocenters. The molecule has 0 saturated carbocycles. The van der Waals surface area contributed by atoms with Crippen molar-refractivity contribution in [2.24, 2.45) is 0 Å². The Kier molecular flexibility index (Phi) is 9.67. The molecule has 0 aromatic heterocycles. The van der Waals surface area contributed by atoms with E-state index >= 15 is 0 Å². The van der Waals surface area contributed by atoms with E-state index < -0.39 is 23.6 Å². The molecule has 40 heavy (non-hydrogen) atoms. The van der Waals surface area contributed by atoms with Crippen LogP contribution in [0.3, 0.4) is 0 Å². The number of ether oxygens (including phenoxy) is 2. The molecule has 2 N–H and O–H groups in total. The van der Waals surface area contributed by atoms with Crippen LogP contribution in [-0.4, -0.2) is 31.1 Å². The van der Waals surface area contributed by atoms with Gasteiger partial charge in [0.1, 0.15) is 18.2 Å². The minimum Gasteiger partial charge on any atom is -0.467 e. The smallest absolute Gasteiger partial charge is 0.408 e. The Morgan fingerprint density at radius 1 is 0.700 bits per heavy atom. The topological polar surface area (TPSA) is 93.7 Å². The van der Waals surface area contributed by atoms with Crippen molar-refractivity contribution in [3.05, 3.63) is 144 Å². The van der Waals surface area contributed by atoms with Gasteiger partial charge in [-0.25, -0.2) is 9.59 Å². The van der Waals surface area contributed by atoms with Crippen LogP contribution in [0.5, 0.6) is 0 Å². The largest absolute Gasteiger partial charge is 0.467 e. The molecular weight excluding hydrogens is 504 g/mol. The number of nitrogens with one attached hydrogen (secondary N) is 2. The number of benzene rings is 4. The van der Waals surface area contributed by atoms with Gasteiger partial charge in [0.15, 0.2) is 0 Å². The van der Waals surface area contributed by atoms with Crippen molar-refractivity contribution >= 4 is 18.0 Å². The van der Waals surface area contributed by atoms with Gasteiger partial charge in [-0.1, -0.05) is 121 Å². The Morgan fingerprint density at radius 3 is 1.60 bits per heavy atom. The average Bonchev–Trinajstić information content (AvgIpc) is 3.02. The highest BCUT2D eigenvalue weighted by molar-refractivity contribution is 5.83. The van der Waals surface area contributed by atoms with Crippen LogP contribution in [-0.2, 0) is 31.2 Å². The fourth-order valence-electron chi connectivity index (χ4n) is 4.63. The van der Waals surface area contributed by atoms with Crippen LogP contribution in [0.15, 0.2) is 121 Å². The molecule has 204 valence electrons. The lowest BCUT2D eigenvalue weighted by Crippen LogP contribution is -2.48. The van der Waals surface area contributed by atoms with E-state index in [4.69, 9.17) is 9.47 Å². The summed E-state index contributed by atoms with van der Waals surface area (Å²) in [7, 11) is 1.23. The molecular formula is C33H32N2O5. The number of alkyl carbamates (subject to hydrolysis) is 1. The summed E-state index contributed by atoms with van der Waals surface area (Å²) < 4.78 is 10.1. The van der Waals surface area contributed by atoms with Crippen LogP contribution in [0.25, 0.3) is 0 Å². The number of rotatable bonds is 11. The molecule has 0 heterocycles. The van der Waals surface area contributed by atoms with Gasteiger partial charge in [0, 0.05) is 6.42 Å². The number of methoxy groups -OCH3 is 1. The van der Waals surface area contributed by atoms with Crippen molar-refractivity contribution in [2.75, 3.05) is 7.11 Å². The first-order valence-corrected chi connectivity index (χ1v) is 13.1. The van der Waals surface area contributed by atoms with Crippen molar-refractivity contribution in [2.45, 2.75) is 31.0 Å². The fourth-order valence-corrected chi connectivity index (χ4v) is 4.63. The molecule has 1 atom stereocenters. The van der Waals surface area contributed by atoms with Crippen LogP contribution >= 0.6 is 0 Å². The first-order valence-electron chi connectivity index (χ1n) is 13.1. The maximum Gasteiger partial charge on any atom is 0.408 e. The van der Waals surface area contributed by atoms with Crippen molar-refractivity contribution in [3.63, 3.8) is 0 Å². The molecule has 0 radical (unpaired) electrons. The molecule has 2 amide bonds. The summed E-state index contributed by atoms with van der Waals surface area (Å²) in [6.45, 7) is 0.0504. The second kappa shape index (κ2) is 13.8. The number of carbonyl (C=O) groups excluding carboxylic acids is 3. The summed E-state index contributed by atoms with van der Waals surface area (Å²) in [6.07, 6.45) is -0.799. The van der Waals surface area contributed by atoms with Crippen LogP contribution < -0.4 is 10.6 Å². The molecule has 0 spiro atoms. The van der Waals surface area contributed by atoms with Gasteiger partial charge >= 0.3 is 12.1 Å². The third-order valence-corrected chi connectivity index (χ3v) is 6.60. The summed E-state index contributed by atoms with van der Waals surface area (Å²) in [4.78, 5) is 38.5. The summed E-state index contributed by atoms with van der Waals surface area (Å²) in [5, 5.41) is 5.79. The molecule has 4 aromatic rings. The van der Waals surface area contributed by atoms with E-state index in [1.807, 2.05) is 121 Å². The number of esters is 1. The highest BCUT2D eigenvalue weighted by Crippen LogP contribution is 2.36. The second-order valence-corrected chi connectivity index (χ2v) is 9.22. The van der Waals surface area contributed by atoms with Gasteiger partial charge < -0.3 is 20.1 Å². The summed E-state index contributed by atoms with van der Waals surface area (Å²) >= 11 is 0. The number of amides is 2. The Bertz CT molecular complexity index is 1280. The molecule has 4 rings (SSSR count). The monoisotopic (exact) mass is 536 g/mol. The Labute approximate surface area is 234 Å². The predicted octanol–water partition coefficient (Wildman–Crippen LogP) is 5.34. The van der Waals surface area contributed by atoms with E-state index in [1.165, 1.54) is 7.11 Å². The zero-order valence-corrected chi connectivity index (χ0v) is 22.3. The maximum absolute atomic E-state index is 13.6. The van der Waals surface area contributed by atoms with Gasteiger partial charge in [0.25, 0.3) is 0 Å². The summed E-state index contributed by atoms with van der Waals surface area (Å²) in [5.41, 5.74) is 2.48. The first kappa shape index (κ1) is 28.1. The van der Waals surface area contributed by atoms with Crippen LogP contribution in [0.2, 0.25) is 0 Å². The third-order valence-electron chi connectivity index (χ3n) is 6.60. The number of hydrogen-bond acceptors (Lipinski definition) is 5. The zero-order chi connectivity index (χ0) is 28.2. The Morgan fingerprint density at radius 2 is 1.15 bits per heavy atom. The minimum absolute atomic E-state index is 0.0212. The molecule has 0 bridgehead atoms. The van der Waals surface area contributed by atoms with Crippen LogP contribution in [0.4, 0.5) is 4.79 Å². The van der Waals surface area contributed by atoms with Crippen molar-refractivity contribution in [1.82, 2.24) is 10.6 Å². The average molecular weight is 537 g/mol. The highest BCUT2D eigenvalue weighted by atomic mass is 16.6. The van der Waals surface area contributed by atoms with Crippen molar-refractivity contribution in [3.8, 4) is 0 Å². The lowest BCUT2D eigenvalue weighted by atomic mass is 9.77. The van der Waals surface area contributed by atoms with E-state index in [9.17, 15) is 14.4 Å². The van der Waals surface area contributed by atoms with Gasteiger partial charge in [0.05, 0.1) is 7.11 Å². The number of carbonyl (C=O) groups is 3. The van der Waals surface area contributed by atoms with Gasteiger partial charge in [0.2, 0.25) is 5.91 Å². The zero-order valence-electron chi connectivity index (χ0n) is 22.3. The van der Waals surface area contributed by atoms with E-state index in [2.05, 4.69) is 10.6 Å². The molecule has 7 heteroatoms. The predicted molar refractivity (Wildman–Crippen MR) is 152 cm³/mol. The van der Waals surface area contributed by atoms with Gasteiger partial charge in [-0.05, 0) is 28.7 Å². The lowest BCUT2D eigenvalue weighted by Gasteiger charge is -2.37. The van der Waals surface area contributed by atoms with Crippen molar-refractivity contribution in [1.29, 1.82) is 0 Å². The molecule has 0 fully saturated rings. The molecule has 0 aliphatic carbocycles. The normalized spacial score (nSPS) is 11.6. The van der Waals surface area contributed by atoms with Gasteiger partial charge in [-0.3, -0.25) is 4.79 Å². The molecule has 0 aliphatic heterocycles. The van der Waals surface area contributed by atoms with E-state index in [1.54, 1.807) is 0 Å². The van der Waals surface area contributed by atoms with Crippen LogP contribution in [0, 0.1) is 0 Å². The SMILES string of the molecule is COC(=O)[C@H](CCC(=O)NC(c1ccccc1)(c1ccccc1)c1ccccc1)NC(=O)OCc1ccccc1. The molecule has 0 aliphatic rings. The Hall–Kier alpha value is -4.91. The lowest BCUT2D eigenvalue weighted by molar-refractivity contribution is -0.143. The third kappa shape index (κ3) is 6.94. The summed E-state index contributed by atoms with van der Waals surface area (Å²) in [6, 6.07) is 37.4. The minimum atomic E-state index is -1.06. The summed E-state index contributed by atoms with van der Waals surface area (Å²) in [5.74, 6) is -0.963. The van der Waals surface area contributed by atoms with E-state index in [-0.39, 0.29) is 25.4 Å². The molecule has 4 aromatic carbocycles. The quantitative estimate of drug-likeness (QED) is 0.199. The van der Waals surface area contributed by atoms with Crippen molar-refractivity contribution < 1.29 is 23.9 Å². The van der Waals surface area contributed by atoms with E-state index in [0.717, 1.165) is 22.3 Å². The van der Waals surface area contributed by atoms with E-state index in [0.29, 0.717) is 0 Å². The second-order valence-electron chi connectivity index (χ2n) is 9.22. The van der Waals surface area contributed by atoms with Gasteiger partial charge in [-0.2, -0.15) is 0 Å². The van der Waals surface area contributed by atoms with Crippen LogP contribution in [0.1, 0.15) is 35.1 Å². The Balaban J connectivity index is 1.53. The first-order chi connectivity index (χ1) is 19.5.